The van der Waals surface area contributed by atoms with E-state index >= 15 is 0 Å². The van der Waals surface area contributed by atoms with Crippen LogP contribution in [0.2, 0.25) is 0 Å². The van der Waals surface area contributed by atoms with Gasteiger partial charge in [-0.05, 0) is 42.5 Å². The predicted molar refractivity (Wildman–Crippen MR) is 88.1 cm³/mol. The molecule has 1 aromatic heterocycles. The quantitative estimate of drug-likeness (QED) is 0.863. The molecule has 2 atom stereocenters. The molecule has 2 aromatic rings. The number of halogens is 1. The maximum atomic E-state index is 13.0. The first kappa shape index (κ1) is 16.6. The van der Waals surface area contributed by atoms with E-state index in [-0.39, 0.29) is 17.8 Å². The lowest BCUT2D eigenvalue weighted by molar-refractivity contribution is -0.00718. The molecule has 1 saturated heterocycles. The third-order valence-electron chi connectivity index (χ3n) is 4.63. The van der Waals surface area contributed by atoms with Gasteiger partial charge in [0.25, 0.3) is 5.91 Å². The average molecular weight is 331 g/mol. The second-order valence-electron chi connectivity index (χ2n) is 6.28. The first-order valence-electron chi connectivity index (χ1n) is 8.13. The van der Waals surface area contributed by atoms with Crippen molar-refractivity contribution in [3.63, 3.8) is 0 Å². The van der Waals surface area contributed by atoms with Gasteiger partial charge in [0, 0.05) is 33.4 Å². The number of ether oxygens (including phenoxy) is 1. The lowest BCUT2D eigenvalue weighted by atomic mass is 9.87. The number of nitrogens with zero attached hydrogens (tertiary/aromatic N) is 3. The Morgan fingerprint density at radius 3 is 2.71 bits per heavy atom. The Labute approximate surface area is 141 Å². The molecule has 0 spiro atoms. The zero-order valence-corrected chi connectivity index (χ0v) is 14.0. The summed E-state index contributed by atoms with van der Waals surface area (Å²) < 4.78 is 20.3. The van der Waals surface area contributed by atoms with E-state index in [1.165, 1.54) is 12.1 Å². The molecular weight excluding hydrogens is 309 g/mol. The lowest BCUT2D eigenvalue weighted by Gasteiger charge is -2.37. The van der Waals surface area contributed by atoms with Crippen molar-refractivity contribution in [1.82, 2.24) is 14.7 Å². The lowest BCUT2D eigenvalue weighted by Crippen LogP contribution is -2.48. The Bertz CT molecular complexity index is 699. The van der Waals surface area contributed by atoms with Crippen LogP contribution in [0.3, 0.4) is 0 Å². The van der Waals surface area contributed by atoms with Crippen LogP contribution in [0.25, 0.3) is 0 Å². The third-order valence-corrected chi connectivity index (χ3v) is 4.63. The maximum absolute atomic E-state index is 13.0. The molecule has 1 amide bonds. The summed E-state index contributed by atoms with van der Waals surface area (Å²) in [7, 11) is 3.47. The standard InChI is InChI=1S/C18H22FN3O2/c1-21-9-8-16(20-21)18(23)22-10-7-14(17(12-22)24-2)11-13-3-5-15(19)6-4-13/h3-6,8-9,14,17H,7,10-12H2,1-2H3/t14-,17+/m1/s1. The molecule has 24 heavy (non-hydrogen) atoms. The molecule has 6 heteroatoms. The highest BCUT2D eigenvalue weighted by Crippen LogP contribution is 2.25. The zero-order chi connectivity index (χ0) is 17.1. The van der Waals surface area contributed by atoms with Crippen molar-refractivity contribution in [3.05, 3.63) is 53.6 Å². The largest absolute Gasteiger partial charge is 0.379 e. The molecule has 5 nitrogen and oxygen atoms in total. The van der Waals surface area contributed by atoms with E-state index in [0.29, 0.717) is 24.7 Å². The van der Waals surface area contributed by atoms with Gasteiger partial charge in [-0.1, -0.05) is 12.1 Å². The van der Waals surface area contributed by atoms with Crippen molar-refractivity contribution in [3.8, 4) is 0 Å². The minimum atomic E-state index is -0.224. The van der Waals surface area contributed by atoms with Crippen LogP contribution < -0.4 is 0 Å². The molecule has 0 unspecified atom stereocenters. The number of carbonyl (C=O) groups is 1. The molecule has 0 bridgehead atoms. The molecule has 1 fully saturated rings. The second kappa shape index (κ2) is 7.13. The summed E-state index contributed by atoms with van der Waals surface area (Å²) in [5.41, 5.74) is 1.55. The molecule has 0 saturated carbocycles. The van der Waals surface area contributed by atoms with E-state index in [1.807, 2.05) is 12.1 Å². The Hall–Kier alpha value is -2.21. The molecule has 2 heterocycles. The number of hydrogen-bond acceptors (Lipinski definition) is 3. The highest BCUT2D eigenvalue weighted by Gasteiger charge is 2.32. The van der Waals surface area contributed by atoms with Gasteiger partial charge in [-0.2, -0.15) is 5.10 Å². The summed E-state index contributed by atoms with van der Waals surface area (Å²) in [4.78, 5) is 14.3. The normalized spacial score (nSPS) is 21.0. The first-order chi connectivity index (χ1) is 11.6. The topological polar surface area (TPSA) is 47.4 Å². The number of aryl methyl sites for hydroxylation is 1. The van der Waals surface area contributed by atoms with Gasteiger partial charge in [0.1, 0.15) is 11.5 Å². The zero-order valence-electron chi connectivity index (χ0n) is 14.0. The van der Waals surface area contributed by atoms with Gasteiger partial charge >= 0.3 is 0 Å². The maximum Gasteiger partial charge on any atom is 0.274 e. The van der Waals surface area contributed by atoms with Crippen LogP contribution in [0.5, 0.6) is 0 Å². The molecule has 0 radical (unpaired) electrons. The number of hydrogen-bond donors (Lipinski definition) is 0. The number of aromatic nitrogens is 2. The fourth-order valence-electron chi connectivity index (χ4n) is 3.26. The number of amides is 1. The third kappa shape index (κ3) is 3.64. The molecule has 128 valence electrons. The second-order valence-corrected chi connectivity index (χ2v) is 6.28. The number of carbonyl (C=O) groups excluding carboxylic acids is 1. The van der Waals surface area contributed by atoms with E-state index < -0.39 is 0 Å². The van der Waals surface area contributed by atoms with E-state index in [9.17, 15) is 9.18 Å². The summed E-state index contributed by atoms with van der Waals surface area (Å²) in [6.07, 6.45) is 3.41. The van der Waals surface area contributed by atoms with Crippen LogP contribution in [0.4, 0.5) is 4.39 Å². The van der Waals surface area contributed by atoms with Crippen molar-refractivity contribution >= 4 is 5.91 Å². The Morgan fingerprint density at radius 2 is 2.08 bits per heavy atom. The summed E-state index contributed by atoms with van der Waals surface area (Å²) in [6.45, 7) is 1.24. The molecular formula is C18H22FN3O2. The van der Waals surface area contributed by atoms with Crippen LogP contribution in [0, 0.1) is 11.7 Å². The molecule has 0 aliphatic carbocycles. The van der Waals surface area contributed by atoms with Crippen molar-refractivity contribution in [1.29, 1.82) is 0 Å². The van der Waals surface area contributed by atoms with Gasteiger partial charge in [-0.25, -0.2) is 4.39 Å². The van der Waals surface area contributed by atoms with Gasteiger partial charge in [0.15, 0.2) is 0 Å². The molecule has 0 N–H and O–H groups in total. The van der Waals surface area contributed by atoms with E-state index in [0.717, 1.165) is 18.4 Å². The van der Waals surface area contributed by atoms with Gasteiger partial charge in [0.05, 0.1) is 6.10 Å². The summed E-state index contributed by atoms with van der Waals surface area (Å²) in [5.74, 6) is 0.0314. The Balaban J connectivity index is 1.65. The van der Waals surface area contributed by atoms with E-state index in [2.05, 4.69) is 5.10 Å². The Morgan fingerprint density at radius 1 is 1.33 bits per heavy atom. The molecule has 1 aliphatic heterocycles. The van der Waals surface area contributed by atoms with Gasteiger partial charge in [0.2, 0.25) is 0 Å². The molecule has 3 rings (SSSR count). The first-order valence-corrected chi connectivity index (χ1v) is 8.13. The van der Waals surface area contributed by atoms with Crippen LogP contribution in [0.15, 0.2) is 36.5 Å². The monoisotopic (exact) mass is 331 g/mol. The van der Waals surface area contributed by atoms with E-state index in [4.69, 9.17) is 4.74 Å². The number of rotatable bonds is 4. The summed E-state index contributed by atoms with van der Waals surface area (Å²) in [5, 5.41) is 4.18. The Kier molecular flexibility index (Phi) is 4.94. The van der Waals surface area contributed by atoms with Crippen LogP contribution in [-0.4, -0.2) is 46.9 Å². The van der Waals surface area contributed by atoms with Crippen molar-refractivity contribution in [2.24, 2.45) is 13.0 Å². The number of piperidine rings is 1. The fourth-order valence-corrected chi connectivity index (χ4v) is 3.26. The van der Waals surface area contributed by atoms with Crippen LogP contribution in [0.1, 0.15) is 22.5 Å². The number of benzene rings is 1. The van der Waals surface area contributed by atoms with E-state index in [1.54, 1.807) is 36.0 Å². The highest BCUT2D eigenvalue weighted by atomic mass is 19.1. The number of methoxy groups -OCH3 is 1. The summed E-state index contributed by atoms with van der Waals surface area (Å²) in [6, 6.07) is 8.32. The highest BCUT2D eigenvalue weighted by molar-refractivity contribution is 5.92. The van der Waals surface area contributed by atoms with Gasteiger partial charge in [-0.15, -0.1) is 0 Å². The van der Waals surface area contributed by atoms with Crippen LogP contribution >= 0.6 is 0 Å². The molecule has 1 aromatic carbocycles. The van der Waals surface area contributed by atoms with Crippen molar-refractivity contribution < 1.29 is 13.9 Å². The van der Waals surface area contributed by atoms with Crippen molar-refractivity contribution in [2.45, 2.75) is 18.9 Å². The van der Waals surface area contributed by atoms with Gasteiger partial charge < -0.3 is 9.64 Å². The minimum absolute atomic E-state index is 0.0311. The number of likely N-dealkylation sites (tertiary alicyclic amines) is 1. The molecule has 1 aliphatic rings. The van der Waals surface area contributed by atoms with Crippen LogP contribution in [-0.2, 0) is 18.2 Å². The smallest absolute Gasteiger partial charge is 0.274 e. The predicted octanol–water partition coefficient (Wildman–Crippen LogP) is 2.28. The average Bonchev–Trinajstić information content (AvgIpc) is 3.03. The SMILES string of the molecule is CO[C@H]1CN(C(=O)c2ccn(C)n2)CC[C@@H]1Cc1ccc(F)cc1. The summed E-state index contributed by atoms with van der Waals surface area (Å²) >= 11 is 0. The minimum Gasteiger partial charge on any atom is -0.379 e. The van der Waals surface area contributed by atoms with Crippen molar-refractivity contribution in [2.75, 3.05) is 20.2 Å². The fraction of sp³-hybridized carbons (Fsp3) is 0.444. The van der Waals surface area contributed by atoms with Gasteiger partial charge in [-0.3, -0.25) is 9.48 Å².